The van der Waals surface area contributed by atoms with E-state index in [1.165, 1.54) is 30.3 Å². The third-order valence-corrected chi connectivity index (χ3v) is 4.74. The van der Waals surface area contributed by atoms with Crippen molar-refractivity contribution in [2.75, 3.05) is 15.8 Å². The molecule has 2 aromatic rings. The fourth-order valence-corrected chi connectivity index (χ4v) is 2.94. The van der Waals surface area contributed by atoms with Gasteiger partial charge in [0.25, 0.3) is 10.0 Å². The van der Waals surface area contributed by atoms with Gasteiger partial charge in [0, 0.05) is 17.2 Å². The number of nitrogen functional groups attached to an aromatic ring is 1. The number of anilines is 3. The normalized spacial score (nSPS) is 11.8. The summed E-state index contributed by atoms with van der Waals surface area (Å²) in [7, 11) is -3.94. The minimum absolute atomic E-state index is 0.0369. The third-order valence-electron chi connectivity index (χ3n) is 3.36. The van der Waals surface area contributed by atoms with E-state index in [4.69, 9.17) is 5.73 Å². The van der Waals surface area contributed by atoms with Crippen LogP contribution in [0, 0.1) is 11.2 Å². The molecule has 25 heavy (non-hydrogen) atoms. The molecule has 2 rings (SSSR count). The molecule has 0 fully saturated rings. The lowest BCUT2D eigenvalue weighted by atomic mass is 9.95. The van der Waals surface area contributed by atoms with Crippen molar-refractivity contribution in [3.8, 4) is 0 Å². The zero-order chi connectivity index (χ0) is 18.8. The van der Waals surface area contributed by atoms with Crippen molar-refractivity contribution in [3.05, 3.63) is 48.3 Å². The number of hydrogen-bond donors (Lipinski definition) is 3. The lowest BCUT2D eigenvalue weighted by Crippen LogP contribution is -2.27. The van der Waals surface area contributed by atoms with Crippen LogP contribution in [0.25, 0.3) is 0 Å². The Bertz CT molecular complexity index is 888. The average Bonchev–Trinajstić information content (AvgIpc) is 2.50. The largest absolute Gasteiger partial charge is 0.397 e. The van der Waals surface area contributed by atoms with Gasteiger partial charge in [-0.1, -0.05) is 20.8 Å². The topological polar surface area (TPSA) is 101 Å². The molecule has 4 N–H and O–H groups in total. The fourth-order valence-electron chi connectivity index (χ4n) is 1.86. The van der Waals surface area contributed by atoms with Crippen LogP contribution in [0.15, 0.2) is 47.4 Å². The first-order chi connectivity index (χ1) is 11.5. The molecule has 0 bridgehead atoms. The Morgan fingerprint density at radius 3 is 2.24 bits per heavy atom. The molecule has 6 nitrogen and oxygen atoms in total. The van der Waals surface area contributed by atoms with Gasteiger partial charge < -0.3 is 11.1 Å². The Balaban J connectivity index is 2.20. The molecule has 0 aliphatic carbocycles. The fraction of sp³-hybridized carbons (Fsp3) is 0.235. The number of sulfonamides is 1. The van der Waals surface area contributed by atoms with Crippen molar-refractivity contribution in [1.82, 2.24) is 0 Å². The predicted molar refractivity (Wildman–Crippen MR) is 96.1 cm³/mol. The van der Waals surface area contributed by atoms with Gasteiger partial charge in [-0.2, -0.15) is 0 Å². The van der Waals surface area contributed by atoms with Gasteiger partial charge in [-0.3, -0.25) is 9.52 Å². The molecular weight excluding hydrogens is 345 g/mol. The summed E-state index contributed by atoms with van der Waals surface area (Å²) in [6.45, 7) is 5.32. The van der Waals surface area contributed by atoms with Crippen LogP contribution in [0.4, 0.5) is 21.5 Å². The van der Waals surface area contributed by atoms with Crippen molar-refractivity contribution in [2.24, 2.45) is 5.41 Å². The summed E-state index contributed by atoms with van der Waals surface area (Å²) in [4.78, 5) is 11.9. The molecule has 0 aliphatic rings. The summed E-state index contributed by atoms with van der Waals surface area (Å²) < 4.78 is 40.3. The number of carbonyl (C=O) groups is 1. The summed E-state index contributed by atoms with van der Waals surface area (Å²) in [5.41, 5.74) is 5.63. The molecule has 0 saturated carbocycles. The number of benzene rings is 2. The van der Waals surface area contributed by atoms with Crippen LogP contribution in [-0.2, 0) is 14.8 Å². The number of rotatable bonds is 4. The lowest BCUT2D eigenvalue weighted by Gasteiger charge is -2.17. The molecule has 134 valence electrons. The monoisotopic (exact) mass is 365 g/mol. The average molecular weight is 365 g/mol. The van der Waals surface area contributed by atoms with Crippen LogP contribution in [0.2, 0.25) is 0 Å². The van der Waals surface area contributed by atoms with Crippen molar-refractivity contribution in [1.29, 1.82) is 0 Å². The molecule has 0 spiro atoms. The highest BCUT2D eigenvalue weighted by Gasteiger charge is 2.21. The molecule has 0 unspecified atom stereocenters. The summed E-state index contributed by atoms with van der Waals surface area (Å²) in [6, 6.07) is 9.06. The maximum absolute atomic E-state index is 13.3. The van der Waals surface area contributed by atoms with Gasteiger partial charge in [0.2, 0.25) is 5.91 Å². The van der Waals surface area contributed by atoms with Gasteiger partial charge >= 0.3 is 0 Å². The standard InChI is InChI=1S/C17H20FN3O3S/c1-17(2,3)16(22)20-12-5-7-13(8-6-12)25(23,24)21-15-10-11(18)4-9-14(15)19/h4-10,21H,19H2,1-3H3,(H,20,22). The third kappa shape index (κ3) is 4.69. The number of halogens is 1. The summed E-state index contributed by atoms with van der Waals surface area (Å²) >= 11 is 0. The Morgan fingerprint density at radius 1 is 1.08 bits per heavy atom. The predicted octanol–water partition coefficient (Wildman–Crippen LogP) is 3.19. The smallest absolute Gasteiger partial charge is 0.261 e. The molecule has 2 aromatic carbocycles. The van der Waals surface area contributed by atoms with E-state index in [0.717, 1.165) is 12.1 Å². The minimum atomic E-state index is -3.94. The highest BCUT2D eigenvalue weighted by Crippen LogP contribution is 2.24. The molecule has 0 aliphatic heterocycles. The van der Waals surface area contributed by atoms with Gasteiger partial charge in [0.1, 0.15) is 5.82 Å². The van der Waals surface area contributed by atoms with Crippen LogP contribution in [0.5, 0.6) is 0 Å². The van der Waals surface area contributed by atoms with Gasteiger partial charge in [-0.25, -0.2) is 12.8 Å². The van der Waals surface area contributed by atoms with Crippen molar-refractivity contribution in [2.45, 2.75) is 25.7 Å². The number of nitrogens with one attached hydrogen (secondary N) is 2. The van der Waals surface area contributed by atoms with E-state index >= 15 is 0 Å². The molecule has 0 radical (unpaired) electrons. The van der Waals surface area contributed by atoms with E-state index in [2.05, 4.69) is 10.0 Å². The van der Waals surface area contributed by atoms with E-state index in [1.807, 2.05) is 0 Å². The Hall–Kier alpha value is -2.61. The zero-order valence-corrected chi connectivity index (χ0v) is 14.9. The van der Waals surface area contributed by atoms with Gasteiger partial charge in [0.05, 0.1) is 16.3 Å². The Morgan fingerprint density at radius 2 is 1.68 bits per heavy atom. The van der Waals surface area contributed by atoms with E-state index < -0.39 is 21.3 Å². The van der Waals surface area contributed by atoms with E-state index in [1.54, 1.807) is 20.8 Å². The van der Waals surface area contributed by atoms with Crippen molar-refractivity contribution < 1.29 is 17.6 Å². The quantitative estimate of drug-likeness (QED) is 0.724. The Labute approximate surface area is 146 Å². The van der Waals surface area contributed by atoms with Crippen LogP contribution < -0.4 is 15.8 Å². The first-order valence-corrected chi connectivity index (χ1v) is 8.97. The summed E-state index contributed by atoms with van der Waals surface area (Å²) in [5.74, 6) is -0.791. The van der Waals surface area contributed by atoms with Gasteiger partial charge in [-0.15, -0.1) is 0 Å². The van der Waals surface area contributed by atoms with E-state index in [9.17, 15) is 17.6 Å². The molecule has 0 atom stereocenters. The number of hydrogen-bond acceptors (Lipinski definition) is 4. The molecule has 0 saturated heterocycles. The maximum atomic E-state index is 13.3. The van der Waals surface area contributed by atoms with Crippen LogP contribution in [-0.4, -0.2) is 14.3 Å². The molecule has 8 heteroatoms. The maximum Gasteiger partial charge on any atom is 0.261 e. The second-order valence-electron chi connectivity index (χ2n) is 6.57. The second-order valence-corrected chi connectivity index (χ2v) is 8.25. The first-order valence-electron chi connectivity index (χ1n) is 7.48. The highest BCUT2D eigenvalue weighted by molar-refractivity contribution is 7.92. The second kappa shape index (κ2) is 6.72. The zero-order valence-electron chi connectivity index (χ0n) is 14.1. The first kappa shape index (κ1) is 18.7. The number of nitrogens with two attached hydrogens (primary N) is 1. The molecular formula is C17H20FN3O3S. The lowest BCUT2D eigenvalue weighted by molar-refractivity contribution is -0.123. The SMILES string of the molecule is CC(C)(C)C(=O)Nc1ccc(S(=O)(=O)Nc2cc(F)ccc2N)cc1. The van der Waals surface area contributed by atoms with Crippen LogP contribution >= 0.6 is 0 Å². The van der Waals surface area contributed by atoms with E-state index in [-0.39, 0.29) is 22.2 Å². The highest BCUT2D eigenvalue weighted by atomic mass is 32.2. The van der Waals surface area contributed by atoms with Crippen LogP contribution in [0.1, 0.15) is 20.8 Å². The van der Waals surface area contributed by atoms with E-state index in [0.29, 0.717) is 5.69 Å². The summed E-state index contributed by atoms with van der Waals surface area (Å²) in [5, 5.41) is 2.70. The van der Waals surface area contributed by atoms with Crippen molar-refractivity contribution >= 4 is 33.0 Å². The Kier molecular flexibility index (Phi) is 5.03. The number of carbonyl (C=O) groups excluding carboxylic acids is 1. The minimum Gasteiger partial charge on any atom is -0.397 e. The van der Waals surface area contributed by atoms with Crippen molar-refractivity contribution in [3.63, 3.8) is 0 Å². The summed E-state index contributed by atoms with van der Waals surface area (Å²) in [6.07, 6.45) is 0. The van der Waals surface area contributed by atoms with Gasteiger partial charge in [0.15, 0.2) is 0 Å². The molecule has 0 aromatic heterocycles. The molecule has 1 amide bonds. The number of amides is 1. The van der Waals surface area contributed by atoms with Crippen LogP contribution in [0.3, 0.4) is 0 Å². The molecule has 0 heterocycles. The van der Waals surface area contributed by atoms with Gasteiger partial charge in [-0.05, 0) is 36.4 Å².